The van der Waals surface area contributed by atoms with E-state index >= 15 is 0 Å². The number of ether oxygens (including phenoxy) is 1. The van der Waals surface area contributed by atoms with Gasteiger partial charge in [0.1, 0.15) is 11.8 Å². The zero-order valence-electron chi connectivity index (χ0n) is 23.7. The maximum atomic E-state index is 13.9. The molecule has 1 aliphatic rings. The Labute approximate surface area is 241 Å². The number of para-hydroxylation sites is 1. The van der Waals surface area contributed by atoms with Gasteiger partial charge in [-0.25, -0.2) is 4.79 Å². The molecule has 41 heavy (non-hydrogen) atoms. The SMILES string of the molecule is COc1ccc(CCN)cc1NC(=O)[C@H](NC(=O)N1CCC(c2ccccc2)CC1)[C@@H](C)c1c[nH]c2ccccc12. The average Bonchev–Trinajstić information content (AvgIpc) is 3.44. The van der Waals surface area contributed by atoms with Gasteiger partial charge in [0.2, 0.25) is 5.91 Å². The Morgan fingerprint density at radius 1 is 1.05 bits per heavy atom. The van der Waals surface area contributed by atoms with Gasteiger partial charge in [-0.15, -0.1) is 0 Å². The first kappa shape index (κ1) is 28.2. The zero-order chi connectivity index (χ0) is 28.8. The fourth-order valence-electron chi connectivity index (χ4n) is 5.82. The number of urea groups is 1. The number of anilines is 1. The summed E-state index contributed by atoms with van der Waals surface area (Å²) in [5.74, 6) is 0.360. The number of nitrogens with two attached hydrogens (primary N) is 1. The molecule has 0 spiro atoms. The van der Waals surface area contributed by atoms with E-state index in [1.807, 2.05) is 66.6 Å². The molecule has 5 rings (SSSR count). The van der Waals surface area contributed by atoms with Gasteiger partial charge in [-0.3, -0.25) is 4.79 Å². The molecule has 0 radical (unpaired) electrons. The van der Waals surface area contributed by atoms with E-state index in [2.05, 4.69) is 39.9 Å². The van der Waals surface area contributed by atoms with Crippen molar-refractivity contribution in [1.82, 2.24) is 15.2 Å². The number of carbonyl (C=O) groups is 2. The van der Waals surface area contributed by atoms with Crippen molar-refractivity contribution in [2.45, 2.75) is 44.1 Å². The average molecular weight is 554 g/mol. The summed E-state index contributed by atoms with van der Waals surface area (Å²) in [5, 5.41) is 7.16. The van der Waals surface area contributed by atoms with Gasteiger partial charge in [0.25, 0.3) is 0 Å². The van der Waals surface area contributed by atoms with Crippen LogP contribution in [0.3, 0.4) is 0 Å². The summed E-state index contributed by atoms with van der Waals surface area (Å²) in [6, 6.07) is 23.0. The molecule has 214 valence electrons. The molecule has 1 saturated heterocycles. The van der Waals surface area contributed by atoms with E-state index in [1.165, 1.54) is 5.56 Å². The van der Waals surface area contributed by atoms with E-state index in [0.717, 1.165) is 34.9 Å². The zero-order valence-corrected chi connectivity index (χ0v) is 23.7. The van der Waals surface area contributed by atoms with Gasteiger partial charge < -0.3 is 31.0 Å². The van der Waals surface area contributed by atoms with Crippen molar-refractivity contribution in [3.63, 3.8) is 0 Å². The number of piperidine rings is 1. The summed E-state index contributed by atoms with van der Waals surface area (Å²) < 4.78 is 5.53. The van der Waals surface area contributed by atoms with Crippen molar-refractivity contribution in [2.75, 3.05) is 32.1 Å². The quantitative estimate of drug-likeness (QED) is 0.223. The van der Waals surface area contributed by atoms with Gasteiger partial charge in [0.15, 0.2) is 0 Å². The summed E-state index contributed by atoms with van der Waals surface area (Å²) in [4.78, 5) is 32.7. The van der Waals surface area contributed by atoms with E-state index in [1.54, 1.807) is 7.11 Å². The normalized spacial score (nSPS) is 15.3. The van der Waals surface area contributed by atoms with Crippen LogP contribution in [0.2, 0.25) is 0 Å². The Balaban J connectivity index is 1.37. The molecule has 0 saturated carbocycles. The highest BCUT2D eigenvalue weighted by Crippen LogP contribution is 2.31. The van der Waals surface area contributed by atoms with Crippen LogP contribution in [0.4, 0.5) is 10.5 Å². The van der Waals surface area contributed by atoms with Gasteiger partial charge in [-0.2, -0.15) is 0 Å². The Morgan fingerprint density at radius 2 is 1.78 bits per heavy atom. The molecule has 1 aromatic heterocycles. The lowest BCUT2D eigenvalue weighted by atomic mass is 9.89. The van der Waals surface area contributed by atoms with Gasteiger partial charge in [0.05, 0.1) is 12.8 Å². The standard InChI is InChI=1S/C33H39N5O3/c1-22(27-21-35-28-11-7-6-10-26(27)28)31(32(39)36-29-20-23(14-17-34)12-13-30(29)41-2)37-33(40)38-18-15-25(16-19-38)24-8-4-3-5-9-24/h3-13,20-22,25,31,35H,14-19,34H2,1-2H3,(H,36,39)(H,37,40)/t22-,31+/m0/s1. The number of fused-ring (bicyclic) bond motifs is 1. The molecule has 1 fully saturated rings. The second-order valence-corrected chi connectivity index (χ2v) is 10.7. The second-order valence-electron chi connectivity index (χ2n) is 10.7. The van der Waals surface area contributed by atoms with Crippen molar-refractivity contribution >= 4 is 28.5 Å². The molecule has 3 amide bonds. The molecule has 8 heteroatoms. The predicted molar refractivity (Wildman–Crippen MR) is 163 cm³/mol. The largest absolute Gasteiger partial charge is 0.495 e. The lowest BCUT2D eigenvalue weighted by molar-refractivity contribution is -0.118. The number of amides is 3. The Hall–Kier alpha value is -4.30. The highest BCUT2D eigenvalue weighted by molar-refractivity contribution is 5.99. The molecular weight excluding hydrogens is 514 g/mol. The number of nitrogens with zero attached hydrogens (tertiary/aromatic N) is 1. The van der Waals surface area contributed by atoms with E-state index in [4.69, 9.17) is 10.5 Å². The number of rotatable bonds is 9. The summed E-state index contributed by atoms with van der Waals surface area (Å²) in [7, 11) is 1.57. The first-order valence-corrected chi connectivity index (χ1v) is 14.3. The molecular formula is C33H39N5O3. The van der Waals surface area contributed by atoms with E-state index in [0.29, 0.717) is 43.4 Å². The van der Waals surface area contributed by atoms with Crippen LogP contribution in [0.25, 0.3) is 10.9 Å². The third kappa shape index (κ3) is 6.38. The van der Waals surface area contributed by atoms with Crippen molar-refractivity contribution in [2.24, 2.45) is 5.73 Å². The third-order valence-corrected chi connectivity index (χ3v) is 8.18. The number of benzene rings is 3. The Morgan fingerprint density at radius 3 is 2.51 bits per heavy atom. The minimum Gasteiger partial charge on any atom is -0.495 e. The number of H-pyrrole nitrogens is 1. The predicted octanol–water partition coefficient (Wildman–Crippen LogP) is 5.38. The number of methoxy groups -OCH3 is 1. The number of hydrogen-bond donors (Lipinski definition) is 4. The molecule has 0 bridgehead atoms. The highest BCUT2D eigenvalue weighted by atomic mass is 16.5. The fourth-order valence-corrected chi connectivity index (χ4v) is 5.82. The van der Waals surface area contributed by atoms with Gasteiger partial charge in [0, 0.05) is 36.1 Å². The highest BCUT2D eigenvalue weighted by Gasteiger charge is 2.33. The molecule has 0 aliphatic carbocycles. The molecule has 1 aliphatic heterocycles. The monoisotopic (exact) mass is 553 g/mol. The van der Waals surface area contributed by atoms with Gasteiger partial charge >= 0.3 is 6.03 Å². The molecule has 3 aromatic carbocycles. The molecule has 5 N–H and O–H groups in total. The van der Waals surface area contributed by atoms with E-state index in [-0.39, 0.29) is 17.9 Å². The number of aromatic amines is 1. The Bertz CT molecular complexity index is 1480. The minimum atomic E-state index is -0.823. The summed E-state index contributed by atoms with van der Waals surface area (Å²) >= 11 is 0. The number of hydrogen-bond acceptors (Lipinski definition) is 4. The van der Waals surface area contributed by atoms with Crippen molar-refractivity contribution in [3.05, 3.63) is 95.7 Å². The van der Waals surface area contributed by atoms with Crippen molar-refractivity contribution in [1.29, 1.82) is 0 Å². The smallest absolute Gasteiger partial charge is 0.318 e. The second kappa shape index (κ2) is 12.9. The van der Waals surface area contributed by atoms with Crippen LogP contribution in [0, 0.1) is 0 Å². The van der Waals surface area contributed by atoms with Crippen LogP contribution >= 0.6 is 0 Å². The summed E-state index contributed by atoms with van der Waals surface area (Å²) in [5.41, 5.74) is 10.6. The fraction of sp³-hybridized carbons (Fsp3) is 0.333. The molecule has 2 heterocycles. The maximum absolute atomic E-state index is 13.9. The lowest BCUT2D eigenvalue weighted by Crippen LogP contribution is -2.53. The van der Waals surface area contributed by atoms with Crippen LogP contribution in [0.1, 0.15) is 48.3 Å². The molecule has 0 unspecified atom stereocenters. The van der Waals surface area contributed by atoms with Crippen molar-refractivity contribution < 1.29 is 14.3 Å². The summed E-state index contributed by atoms with van der Waals surface area (Å²) in [6.07, 6.45) is 4.38. The number of likely N-dealkylation sites (tertiary alicyclic amines) is 1. The molecule has 8 nitrogen and oxygen atoms in total. The van der Waals surface area contributed by atoms with Crippen molar-refractivity contribution in [3.8, 4) is 5.75 Å². The van der Waals surface area contributed by atoms with Crippen LogP contribution < -0.4 is 21.1 Å². The minimum absolute atomic E-state index is 0.229. The third-order valence-electron chi connectivity index (χ3n) is 8.18. The van der Waals surface area contributed by atoms with Crippen LogP contribution in [0.15, 0.2) is 79.0 Å². The van der Waals surface area contributed by atoms with Crippen LogP contribution in [0.5, 0.6) is 5.75 Å². The van der Waals surface area contributed by atoms with Gasteiger partial charge in [-0.1, -0.05) is 61.5 Å². The van der Waals surface area contributed by atoms with E-state index in [9.17, 15) is 9.59 Å². The molecule has 2 atom stereocenters. The van der Waals surface area contributed by atoms with E-state index < -0.39 is 6.04 Å². The van der Waals surface area contributed by atoms with Crippen LogP contribution in [-0.2, 0) is 11.2 Å². The van der Waals surface area contributed by atoms with Crippen LogP contribution in [-0.4, -0.2) is 54.6 Å². The number of aromatic nitrogens is 1. The molecule has 4 aromatic rings. The lowest BCUT2D eigenvalue weighted by Gasteiger charge is -2.34. The number of nitrogens with one attached hydrogen (secondary N) is 3. The Kier molecular flexibility index (Phi) is 8.89. The first-order chi connectivity index (χ1) is 20.0. The van der Waals surface area contributed by atoms with Gasteiger partial charge in [-0.05, 0) is 66.6 Å². The maximum Gasteiger partial charge on any atom is 0.318 e. The first-order valence-electron chi connectivity index (χ1n) is 14.3. The topological polar surface area (TPSA) is 112 Å². The number of carbonyl (C=O) groups excluding carboxylic acids is 2. The summed E-state index contributed by atoms with van der Waals surface area (Å²) in [6.45, 7) is 3.74.